The summed E-state index contributed by atoms with van der Waals surface area (Å²) >= 11 is 20.3. The van der Waals surface area contributed by atoms with Crippen LogP contribution in [0, 0.1) is 0 Å². The summed E-state index contributed by atoms with van der Waals surface area (Å²) in [7, 11) is 0. The summed E-state index contributed by atoms with van der Waals surface area (Å²) in [6.07, 6.45) is 1.04. The van der Waals surface area contributed by atoms with E-state index < -0.39 is 11.4 Å². The molecule has 2 heterocycles. The van der Waals surface area contributed by atoms with E-state index in [9.17, 15) is 14.4 Å². The van der Waals surface area contributed by atoms with Crippen LogP contribution < -0.4 is 21.5 Å². The zero-order valence-corrected chi connectivity index (χ0v) is 24.9. The molecule has 5 N–H and O–H groups in total. The Morgan fingerprint density at radius 2 is 1.70 bits per heavy atom. The number of primary amides is 1. The molecular weight excluding hydrogens is 595 g/mol. The number of amides is 3. The van der Waals surface area contributed by atoms with Crippen molar-refractivity contribution in [1.82, 2.24) is 10.2 Å². The van der Waals surface area contributed by atoms with Gasteiger partial charge in [-0.25, -0.2) is 0 Å². The maximum absolute atomic E-state index is 14.0. The molecule has 0 spiro atoms. The minimum absolute atomic E-state index is 0.134. The van der Waals surface area contributed by atoms with Crippen molar-refractivity contribution in [3.05, 3.63) is 62.4 Å². The highest BCUT2D eigenvalue weighted by Gasteiger charge is 2.39. The van der Waals surface area contributed by atoms with Crippen LogP contribution in [0.25, 0.3) is 21.6 Å². The van der Waals surface area contributed by atoms with Crippen LogP contribution in [0.2, 0.25) is 15.1 Å². The van der Waals surface area contributed by atoms with E-state index in [1.165, 1.54) is 18.3 Å². The van der Waals surface area contributed by atoms with Crippen LogP contribution in [-0.4, -0.2) is 54.4 Å². The van der Waals surface area contributed by atoms with Crippen LogP contribution in [-0.2, 0) is 9.59 Å². The van der Waals surface area contributed by atoms with Crippen molar-refractivity contribution in [2.24, 2.45) is 11.5 Å². The van der Waals surface area contributed by atoms with E-state index in [1.54, 1.807) is 35.2 Å². The van der Waals surface area contributed by atoms with E-state index in [0.717, 1.165) is 10.4 Å². The van der Waals surface area contributed by atoms with E-state index in [1.807, 2.05) is 12.1 Å². The van der Waals surface area contributed by atoms with Crippen molar-refractivity contribution in [3.63, 3.8) is 0 Å². The van der Waals surface area contributed by atoms with E-state index in [4.69, 9.17) is 51.0 Å². The number of likely N-dealkylation sites (tertiary alicyclic amines) is 1. The molecule has 0 unspecified atom stereocenters. The zero-order valence-electron chi connectivity index (χ0n) is 21.8. The number of ether oxygens (including phenoxy) is 1. The third-order valence-corrected chi connectivity index (χ3v) is 8.73. The standard InChI is InChI=1S/C28H29Cl3N4O4S/c1-16(36)34-11-2-14-39-23-22(17-3-5-18(29)6-4-17)24(20-8-7-19(30)15-21(20)31)40-25(23)26(37)35-12-9-28(33,10-13-35)27(32)38/h3-8,15H,2,9-14,33H2,1H3,(H2,32,38)(H,34,36). The van der Waals surface area contributed by atoms with Crippen molar-refractivity contribution in [2.75, 3.05) is 26.2 Å². The minimum Gasteiger partial charge on any atom is -0.491 e. The van der Waals surface area contributed by atoms with Crippen LogP contribution >= 0.6 is 46.1 Å². The van der Waals surface area contributed by atoms with Gasteiger partial charge in [0.25, 0.3) is 5.91 Å². The van der Waals surface area contributed by atoms with Crippen LogP contribution in [0.3, 0.4) is 0 Å². The fourth-order valence-corrected chi connectivity index (χ4v) is 6.41. The first kappa shape index (κ1) is 30.1. The molecule has 3 aromatic rings. The van der Waals surface area contributed by atoms with Gasteiger partial charge in [-0.15, -0.1) is 11.3 Å². The Hall–Kier alpha value is -2.82. The number of benzene rings is 2. The third-order valence-electron chi connectivity index (χ3n) is 6.74. The highest BCUT2D eigenvalue weighted by Crippen LogP contribution is 2.50. The number of rotatable bonds is 9. The van der Waals surface area contributed by atoms with Crippen molar-refractivity contribution in [3.8, 4) is 27.3 Å². The summed E-state index contributed by atoms with van der Waals surface area (Å²) < 4.78 is 6.30. The highest BCUT2D eigenvalue weighted by atomic mass is 35.5. The topological polar surface area (TPSA) is 128 Å². The fourth-order valence-electron chi connectivity index (χ4n) is 4.45. The van der Waals surface area contributed by atoms with E-state index in [-0.39, 0.29) is 44.4 Å². The molecule has 212 valence electrons. The van der Waals surface area contributed by atoms with Gasteiger partial charge < -0.3 is 26.4 Å². The second kappa shape index (κ2) is 12.8. The summed E-state index contributed by atoms with van der Waals surface area (Å²) in [5, 5.41) is 4.22. The Bertz CT molecular complexity index is 1420. The van der Waals surface area contributed by atoms with Crippen molar-refractivity contribution in [1.29, 1.82) is 0 Å². The number of nitrogens with zero attached hydrogens (tertiary/aromatic N) is 1. The van der Waals surface area contributed by atoms with Crippen LogP contribution in [0.4, 0.5) is 0 Å². The van der Waals surface area contributed by atoms with E-state index >= 15 is 0 Å². The number of hydrogen-bond donors (Lipinski definition) is 3. The van der Waals surface area contributed by atoms with Crippen molar-refractivity contribution >= 4 is 63.9 Å². The first-order valence-electron chi connectivity index (χ1n) is 12.6. The lowest BCUT2D eigenvalue weighted by Gasteiger charge is -2.36. The molecule has 1 aromatic heterocycles. The Morgan fingerprint density at radius 3 is 2.30 bits per heavy atom. The molecule has 1 aliphatic heterocycles. The minimum atomic E-state index is -1.15. The molecule has 0 radical (unpaired) electrons. The maximum Gasteiger partial charge on any atom is 0.267 e. The average Bonchev–Trinajstić information content (AvgIpc) is 3.27. The molecule has 8 nitrogen and oxygen atoms in total. The number of piperidine rings is 1. The zero-order chi connectivity index (χ0) is 29.0. The molecule has 12 heteroatoms. The number of nitrogens with one attached hydrogen (secondary N) is 1. The van der Waals surface area contributed by atoms with Crippen LogP contribution in [0.15, 0.2) is 42.5 Å². The molecule has 3 amide bonds. The second-order valence-electron chi connectivity index (χ2n) is 9.59. The predicted molar refractivity (Wildman–Crippen MR) is 160 cm³/mol. The van der Waals surface area contributed by atoms with Gasteiger partial charge in [0.2, 0.25) is 11.8 Å². The molecule has 0 bridgehead atoms. The number of nitrogens with two attached hydrogens (primary N) is 2. The lowest BCUT2D eigenvalue weighted by Crippen LogP contribution is -2.58. The van der Waals surface area contributed by atoms with Gasteiger partial charge in [0.15, 0.2) is 5.75 Å². The molecular formula is C28H29Cl3N4O4S. The second-order valence-corrected chi connectivity index (χ2v) is 11.9. The summed E-state index contributed by atoms with van der Waals surface area (Å²) in [4.78, 5) is 39.9. The molecule has 4 rings (SSSR count). The number of hydrogen-bond acceptors (Lipinski definition) is 6. The molecule has 0 atom stereocenters. The van der Waals surface area contributed by atoms with Gasteiger partial charge in [-0.3, -0.25) is 14.4 Å². The Labute approximate surface area is 251 Å². The van der Waals surface area contributed by atoms with Gasteiger partial charge in [0, 0.05) is 52.6 Å². The first-order chi connectivity index (χ1) is 19.0. The number of halogens is 3. The van der Waals surface area contributed by atoms with Crippen molar-refractivity contribution in [2.45, 2.75) is 31.7 Å². The lowest BCUT2D eigenvalue weighted by atomic mass is 9.88. The number of thiophene rings is 1. The molecule has 1 fully saturated rings. The first-order valence-corrected chi connectivity index (χ1v) is 14.6. The number of carbonyl (C=O) groups excluding carboxylic acids is 3. The number of carbonyl (C=O) groups is 3. The predicted octanol–water partition coefficient (Wildman–Crippen LogP) is 5.37. The van der Waals surface area contributed by atoms with Gasteiger partial charge in [0.05, 0.1) is 17.2 Å². The van der Waals surface area contributed by atoms with Gasteiger partial charge >= 0.3 is 0 Å². The SMILES string of the molecule is CC(=O)NCCCOc1c(C(=O)N2CCC(N)(C(N)=O)CC2)sc(-c2ccc(Cl)cc2Cl)c1-c1ccc(Cl)cc1. The monoisotopic (exact) mass is 622 g/mol. The molecule has 0 saturated carbocycles. The fraction of sp³-hybridized carbons (Fsp3) is 0.321. The van der Waals surface area contributed by atoms with Crippen molar-refractivity contribution < 1.29 is 19.1 Å². The maximum atomic E-state index is 14.0. The van der Waals surface area contributed by atoms with Crippen LogP contribution in [0.1, 0.15) is 35.9 Å². The van der Waals surface area contributed by atoms with Gasteiger partial charge in [-0.2, -0.15) is 0 Å². The Morgan fingerprint density at radius 1 is 1.05 bits per heavy atom. The normalized spacial score (nSPS) is 14.6. The molecule has 1 saturated heterocycles. The van der Waals surface area contributed by atoms with E-state index in [0.29, 0.717) is 49.8 Å². The van der Waals surface area contributed by atoms with E-state index in [2.05, 4.69) is 5.32 Å². The third kappa shape index (κ3) is 6.72. The largest absolute Gasteiger partial charge is 0.491 e. The lowest BCUT2D eigenvalue weighted by molar-refractivity contribution is -0.124. The quantitative estimate of drug-likeness (QED) is 0.276. The summed E-state index contributed by atoms with van der Waals surface area (Å²) in [5.74, 6) is -0.561. The summed E-state index contributed by atoms with van der Waals surface area (Å²) in [6, 6.07) is 12.4. The van der Waals surface area contributed by atoms with Gasteiger partial charge in [-0.05, 0) is 49.1 Å². The molecule has 40 heavy (non-hydrogen) atoms. The molecule has 2 aromatic carbocycles. The molecule has 1 aliphatic rings. The van der Waals surface area contributed by atoms with Gasteiger partial charge in [-0.1, -0.05) is 53.0 Å². The highest BCUT2D eigenvalue weighted by molar-refractivity contribution is 7.18. The average molecular weight is 624 g/mol. The molecule has 0 aliphatic carbocycles. The summed E-state index contributed by atoms with van der Waals surface area (Å²) in [5.41, 5.74) is 12.7. The Balaban J connectivity index is 1.80. The van der Waals surface area contributed by atoms with Gasteiger partial charge in [0.1, 0.15) is 4.88 Å². The smallest absolute Gasteiger partial charge is 0.267 e. The Kier molecular flexibility index (Phi) is 9.64. The summed E-state index contributed by atoms with van der Waals surface area (Å²) in [6.45, 7) is 2.66. The van der Waals surface area contributed by atoms with Crippen LogP contribution in [0.5, 0.6) is 5.75 Å².